The molecular weight excluding hydrogens is 332 g/mol. The first kappa shape index (κ1) is 19.6. The average Bonchev–Trinajstić information content (AvgIpc) is 2.33. The predicted molar refractivity (Wildman–Crippen MR) is 45.8 cm³/mol. The van der Waals surface area contributed by atoms with Gasteiger partial charge in [0, 0.05) is 0 Å². The van der Waals surface area contributed by atoms with Crippen molar-refractivity contribution in [1.29, 1.82) is 0 Å². The highest BCUT2D eigenvalue weighted by molar-refractivity contribution is 7.95. The van der Waals surface area contributed by atoms with E-state index in [9.17, 15) is 40.4 Å². The van der Waals surface area contributed by atoms with E-state index in [1.807, 2.05) is 0 Å². The van der Waals surface area contributed by atoms with Crippen molar-refractivity contribution in [1.82, 2.24) is 0 Å². The van der Waals surface area contributed by atoms with Gasteiger partial charge in [-0.25, -0.2) is 0 Å². The molecule has 0 aromatic carbocycles. The van der Waals surface area contributed by atoms with Crippen molar-refractivity contribution in [3.63, 3.8) is 0 Å². The Morgan fingerprint density at radius 3 is 1.85 bits per heavy atom. The number of alkyl halides is 8. The van der Waals surface area contributed by atoms with Gasteiger partial charge in [-0.1, -0.05) is 6.92 Å². The summed E-state index contributed by atoms with van der Waals surface area (Å²) < 4.78 is 109. The van der Waals surface area contributed by atoms with Crippen LogP contribution in [-0.4, -0.2) is 29.8 Å². The number of halogens is 8. The van der Waals surface area contributed by atoms with Crippen LogP contribution in [0.15, 0.2) is 0 Å². The molecule has 0 N–H and O–H groups in total. The lowest BCUT2D eigenvalue weighted by Gasteiger charge is -2.35. The van der Waals surface area contributed by atoms with Crippen molar-refractivity contribution in [3.05, 3.63) is 0 Å². The average molecular weight is 339 g/mol. The normalized spacial score (nSPS) is 14.7. The first-order chi connectivity index (χ1) is 8.87. The van der Waals surface area contributed by atoms with E-state index < -0.39 is 41.9 Å². The molecule has 0 unspecified atom stereocenters. The Morgan fingerprint density at radius 2 is 1.45 bits per heavy atom. The van der Waals surface area contributed by atoms with Crippen LogP contribution in [0.25, 0.3) is 0 Å². The van der Waals surface area contributed by atoms with E-state index in [4.69, 9.17) is 0 Å². The van der Waals surface area contributed by atoms with Gasteiger partial charge in [0.2, 0.25) is 0 Å². The molecule has 0 radical (unpaired) electrons. The molecule has 0 saturated carbocycles. The van der Waals surface area contributed by atoms with Crippen LogP contribution in [0, 0.1) is 0 Å². The smallest absolute Gasteiger partial charge is 0.426 e. The Bertz CT molecular complexity index is 283. The van der Waals surface area contributed by atoms with Gasteiger partial charge >= 0.3 is 23.2 Å². The Kier molecular flexibility index (Phi) is 6.47. The second-order valence-electron chi connectivity index (χ2n) is 3.25. The minimum Gasteiger partial charge on any atom is -0.691 e. The molecule has 0 aliphatic rings. The molecule has 0 aromatic heterocycles. The zero-order valence-electron chi connectivity index (χ0n) is 9.48. The van der Waals surface area contributed by atoms with Gasteiger partial charge in [-0.15, -0.1) is 0 Å². The summed E-state index contributed by atoms with van der Waals surface area (Å²) in [5, 5.41) is 5.59. The molecule has 0 fully saturated rings. The van der Waals surface area contributed by atoms with Crippen LogP contribution in [0.5, 0.6) is 0 Å². The number of hydrogen-bond acceptors (Lipinski definition) is 5. The highest BCUT2D eigenvalue weighted by atomic mass is 32.2. The van der Waals surface area contributed by atoms with Crippen LogP contribution in [0.2, 0.25) is 0 Å². The zero-order chi connectivity index (χ0) is 16.2. The summed E-state index contributed by atoms with van der Waals surface area (Å²) in [5.41, 5.74) is 0. The summed E-state index contributed by atoms with van der Waals surface area (Å²) in [5.74, 6) is -13.2. The Hall–Kier alpha value is -0.370. The fourth-order valence-corrected chi connectivity index (χ4v) is 1.14. The number of ether oxygens (including phenoxy) is 1. The monoisotopic (exact) mass is 339 g/mol. The second-order valence-corrected chi connectivity index (χ2v) is 4.07. The summed E-state index contributed by atoms with van der Waals surface area (Å²) in [6, 6.07) is 0. The molecule has 0 rings (SSSR count). The third-order valence-electron chi connectivity index (χ3n) is 1.78. The summed E-state index contributed by atoms with van der Waals surface area (Å²) >= 11 is -1.83. The van der Waals surface area contributed by atoms with Crippen molar-refractivity contribution >= 4 is 12.0 Å². The van der Waals surface area contributed by atoms with Crippen molar-refractivity contribution in [2.45, 2.75) is 36.6 Å². The molecule has 0 aliphatic heterocycles. The Balaban J connectivity index is 5.32. The van der Waals surface area contributed by atoms with Crippen LogP contribution >= 0.6 is 12.0 Å². The second kappa shape index (κ2) is 6.60. The molecule has 0 bridgehead atoms. The van der Waals surface area contributed by atoms with Crippen LogP contribution < -0.4 is 5.26 Å². The molecule has 0 amide bonds. The van der Waals surface area contributed by atoms with Crippen molar-refractivity contribution in [2.24, 2.45) is 0 Å². The van der Waals surface area contributed by atoms with Gasteiger partial charge in [-0.2, -0.15) is 39.5 Å². The zero-order valence-corrected chi connectivity index (χ0v) is 10.3. The van der Waals surface area contributed by atoms with Gasteiger partial charge in [0.25, 0.3) is 0 Å². The molecular formula is C7H7F8O4S-. The minimum absolute atomic E-state index is 0.254. The van der Waals surface area contributed by atoms with Gasteiger partial charge < -0.3 is 9.99 Å². The van der Waals surface area contributed by atoms with Crippen LogP contribution in [0.3, 0.4) is 0 Å². The molecule has 4 nitrogen and oxygen atoms in total. The Morgan fingerprint density at radius 1 is 0.950 bits per heavy atom. The highest BCUT2D eigenvalue weighted by Crippen LogP contribution is 2.56. The molecule has 122 valence electrons. The van der Waals surface area contributed by atoms with Crippen molar-refractivity contribution < 1.29 is 54.5 Å². The van der Waals surface area contributed by atoms with E-state index >= 15 is 0 Å². The molecule has 0 heterocycles. The number of rotatable bonds is 9. The molecule has 0 atom stereocenters. The molecule has 0 saturated heterocycles. The van der Waals surface area contributed by atoms with Gasteiger partial charge in [0.05, 0.1) is 6.61 Å². The minimum atomic E-state index is -6.60. The topological polar surface area (TPSA) is 50.8 Å². The fourth-order valence-electron chi connectivity index (χ4n) is 0.795. The lowest BCUT2D eigenvalue weighted by Crippen LogP contribution is -2.62. The Labute approximate surface area is 111 Å². The third kappa shape index (κ3) is 3.63. The van der Waals surface area contributed by atoms with E-state index in [-0.39, 0.29) is 6.42 Å². The van der Waals surface area contributed by atoms with Gasteiger partial charge in [0.15, 0.2) is 0 Å². The predicted octanol–water partition coefficient (Wildman–Crippen LogP) is 2.74. The van der Waals surface area contributed by atoms with E-state index in [0.29, 0.717) is 0 Å². The summed E-state index contributed by atoms with van der Waals surface area (Å²) in [6.07, 6.45) is -6.12. The van der Waals surface area contributed by atoms with E-state index in [1.54, 1.807) is 0 Å². The van der Waals surface area contributed by atoms with E-state index in [0.717, 1.165) is 0 Å². The maximum atomic E-state index is 12.9. The highest BCUT2D eigenvalue weighted by Gasteiger charge is 2.82. The largest absolute Gasteiger partial charge is 0.691 e. The molecule has 0 aromatic rings. The lowest BCUT2D eigenvalue weighted by atomic mass is 10.1. The van der Waals surface area contributed by atoms with Crippen molar-refractivity contribution in [2.75, 3.05) is 6.61 Å². The first-order valence-corrected chi connectivity index (χ1v) is 5.41. The molecule has 0 spiro atoms. The van der Waals surface area contributed by atoms with Gasteiger partial charge in [-0.3, -0.25) is 5.04 Å². The standard InChI is InChI=1S/C7H8F8O4S/c1-2-3-17-6(12,13)4(8,9)5(10,11)7(14,15)20-19-18-16/h16H,2-3H2,1H3/p-1. The lowest BCUT2D eigenvalue weighted by molar-refractivity contribution is -0.777. The summed E-state index contributed by atoms with van der Waals surface area (Å²) in [4.78, 5) is 0. The van der Waals surface area contributed by atoms with Gasteiger partial charge in [-0.05, 0) is 6.42 Å². The summed E-state index contributed by atoms with van der Waals surface area (Å²) in [7, 11) is 0. The quantitative estimate of drug-likeness (QED) is 0.280. The van der Waals surface area contributed by atoms with Crippen LogP contribution in [-0.2, 0) is 14.1 Å². The molecule has 13 heteroatoms. The van der Waals surface area contributed by atoms with Gasteiger partial charge in [0.1, 0.15) is 12.0 Å². The SMILES string of the molecule is CCCOC(F)(F)C(F)(F)C(F)(F)C(F)(F)SOO[O-]. The first-order valence-electron chi connectivity index (χ1n) is 4.67. The summed E-state index contributed by atoms with van der Waals surface area (Å²) in [6.45, 7) is 0.119. The van der Waals surface area contributed by atoms with Crippen LogP contribution in [0.1, 0.15) is 13.3 Å². The maximum absolute atomic E-state index is 12.9. The van der Waals surface area contributed by atoms with Crippen LogP contribution in [0.4, 0.5) is 35.1 Å². The van der Waals surface area contributed by atoms with E-state index in [2.05, 4.69) is 14.1 Å². The fraction of sp³-hybridized carbons (Fsp3) is 1.00. The maximum Gasteiger partial charge on any atom is 0.426 e. The van der Waals surface area contributed by atoms with Crippen molar-refractivity contribution in [3.8, 4) is 0 Å². The molecule has 20 heavy (non-hydrogen) atoms. The molecule has 0 aliphatic carbocycles. The number of hydrogen-bond donors (Lipinski definition) is 0. The third-order valence-corrected chi connectivity index (χ3v) is 2.37. The van der Waals surface area contributed by atoms with E-state index in [1.165, 1.54) is 6.92 Å².